The van der Waals surface area contributed by atoms with Gasteiger partial charge in [0.05, 0.1) is 12.3 Å². The Labute approximate surface area is 166 Å². The number of hydrogen-bond acceptors (Lipinski definition) is 6. The number of aryl methyl sites for hydroxylation is 3. The van der Waals surface area contributed by atoms with E-state index in [4.69, 9.17) is 0 Å². The number of nitrogens with zero attached hydrogens (tertiary/aromatic N) is 4. The lowest BCUT2D eigenvalue weighted by Gasteiger charge is -2.08. The molecule has 144 valence electrons. The molecule has 1 amide bonds. The first-order chi connectivity index (χ1) is 13.1. The number of aromatic nitrogens is 4. The summed E-state index contributed by atoms with van der Waals surface area (Å²) in [5, 5.41) is 16.0. The van der Waals surface area contributed by atoms with Crippen molar-refractivity contribution >= 4 is 39.7 Å². The van der Waals surface area contributed by atoms with Crippen molar-refractivity contribution in [2.75, 3.05) is 17.6 Å². The highest BCUT2D eigenvalue weighted by molar-refractivity contribution is 8.01. The Bertz CT molecular complexity index is 920. The second-order valence-electron chi connectivity index (χ2n) is 6.50. The van der Waals surface area contributed by atoms with E-state index in [1.807, 2.05) is 32.0 Å². The van der Waals surface area contributed by atoms with Gasteiger partial charge in [-0.05, 0) is 50.3 Å². The van der Waals surface area contributed by atoms with Crippen LogP contribution in [0.4, 0.5) is 5.69 Å². The first-order valence-electron chi connectivity index (χ1n) is 9.07. The van der Waals surface area contributed by atoms with Gasteiger partial charge in [0.2, 0.25) is 10.9 Å². The molecule has 0 saturated heterocycles. The number of nitrogens with one attached hydrogen (secondary N) is 1. The maximum atomic E-state index is 12.3. The lowest BCUT2D eigenvalue weighted by Crippen LogP contribution is -2.50. The van der Waals surface area contributed by atoms with Gasteiger partial charge in [-0.1, -0.05) is 35.2 Å². The van der Waals surface area contributed by atoms with Gasteiger partial charge < -0.3 is 11.1 Å². The van der Waals surface area contributed by atoms with E-state index in [-0.39, 0.29) is 5.91 Å². The van der Waals surface area contributed by atoms with E-state index >= 15 is 0 Å². The molecule has 1 aromatic carbocycles. The van der Waals surface area contributed by atoms with Crippen LogP contribution in [-0.4, -0.2) is 38.0 Å². The van der Waals surface area contributed by atoms with Crippen LogP contribution in [0.5, 0.6) is 0 Å². The van der Waals surface area contributed by atoms with Crippen molar-refractivity contribution < 1.29 is 10.5 Å². The number of unbranched alkanes of at least 4 members (excludes halogenated alkanes) is 2. The summed E-state index contributed by atoms with van der Waals surface area (Å²) in [7, 11) is 0. The molecule has 0 radical (unpaired) electrons. The van der Waals surface area contributed by atoms with Crippen LogP contribution in [0.15, 0.2) is 22.5 Å². The van der Waals surface area contributed by atoms with Gasteiger partial charge >= 0.3 is 0 Å². The number of rotatable bonds is 9. The van der Waals surface area contributed by atoms with Crippen LogP contribution >= 0.6 is 23.1 Å². The number of amides is 1. The number of hydrogen-bond donors (Lipinski definition) is 2. The van der Waals surface area contributed by atoms with Crippen LogP contribution in [0.1, 0.15) is 36.2 Å². The summed E-state index contributed by atoms with van der Waals surface area (Å²) >= 11 is 2.89. The highest BCUT2D eigenvalue weighted by Crippen LogP contribution is 2.25. The molecule has 7 nitrogen and oxygen atoms in total. The highest BCUT2D eigenvalue weighted by atomic mass is 32.2. The number of anilines is 1. The van der Waals surface area contributed by atoms with Crippen molar-refractivity contribution in [3.8, 4) is 0 Å². The SMILES string of the molecule is Cc1ccc(C)c(NC(=O)CSc2nn3c(CCCCC[NH3+])nnc3s2)c1. The van der Waals surface area contributed by atoms with Crippen molar-refractivity contribution in [3.63, 3.8) is 0 Å². The minimum absolute atomic E-state index is 0.0342. The number of thioether (sulfide) groups is 1. The first kappa shape index (κ1) is 19.8. The third-order valence-corrected chi connectivity index (χ3v) is 6.21. The normalized spacial score (nSPS) is 11.2. The number of fused-ring (bicyclic) bond motifs is 1. The van der Waals surface area contributed by atoms with Crippen LogP contribution in [-0.2, 0) is 11.2 Å². The molecular weight excluding hydrogens is 380 g/mol. The molecule has 4 N–H and O–H groups in total. The van der Waals surface area contributed by atoms with Gasteiger partial charge in [-0.25, -0.2) is 0 Å². The molecule has 9 heteroatoms. The molecule has 0 aliphatic carbocycles. The molecule has 2 heterocycles. The maximum absolute atomic E-state index is 12.3. The minimum atomic E-state index is -0.0342. The molecule has 0 fully saturated rings. The Morgan fingerprint density at radius 1 is 1.26 bits per heavy atom. The molecule has 3 aromatic rings. The quantitative estimate of drug-likeness (QED) is 0.421. The molecule has 0 unspecified atom stereocenters. The van der Waals surface area contributed by atoms with Crippen molar-refractivity contribution in [3.05, 3.63) is 35.2 Å². The molecule has 3 rings (SSSR count). The summed E-state index contributed by atoms with van der Waals surface area (Å²) in [4.78, 5) is 13.1. The molecule has 0 aliphatic heterocycles. The van der Waals surface area contributed by atoms with Crippen molar-refractivity contribution in [1.82, 2.24) is 19.8 Å². The van der Waals surface area contributed by atoms with Gasteiger partial charge in [0.25, 0.3) is 0 Å². The Morgan fingerprint density at radius 2 is 2.11 bits per heavy atom. The fourth-order valence-corrected chi connectivity index (χ4v) is 4.37. The van der Waals surface area contributed by atoms with Crippen LogP contribution in [0.2, 0.25) is 0 Å². The monoisotopic (exact) mass is 405 g/mol. The third-order valence-electron chi connectivity index (χ3n) is 4.18. The first-order valence-corrected chi connectivity index (χ1v) is 10.9. The number of quaternary nitrogens is 1. The summed E-state index contributed by atoms with van der Waals surface area (Å²) in [6.45, 7) is 4.97. The van der Waals surface area contributed by atoms with Crippen LogP contribution in [0.25, 0.3) is 4.96 Å². The summed E-state index contributed by atoms with van der Waals surface area (Å²) in [5.41, 5.74) is 6.91. The van der Waals surface area contributed by atoms with Gasteiger partial charge in [-0.15, -0.1) is 15.3 Å². The Balaban J connectivity index is 1.56. The molecule has 2 aromatic heterocycles. The van der Waals surface area contributed by atoms with Gasteiger partial charge in [0, 0.05) is 12.1 Å². The van der Waals surface area contributed by atoms with Crippen LogP contribution in [0, 0.1) is 13.8 Å². The summed E-state index contributed by atoms with van der Waals surface area (Å²) < 4.78 is 2.63. The predicted octanol–water partition coefficient (Wildman–Crippen LogP) is 2.49. The lowest BCUT2D eigenvalue weighted by atomic mass is 10.1. The van der Waals surface area contributed by atoms with E-state index in [0.717, 1.165) is 64.2 Å². The topological polar surface area (TPSA) is 99.8 Å². The highest BCUT2D eigenvalue weighted by Gasteiger charge is 2.13. The number of carbonyl (C=O) groups excluding carboxylic acids is 1. The molecule has 27 heavy (non-hydrogen) atoms. The molecule has 0 atom stereocenters. The van der Waals surface area contributed by atoms with Crippen molar-refractivity contribution in [2.45, 2.75) is 43.9 Å². The second kappa shape index (κ2) is 9.29. The maximum Gasteiger partial charge on any atom is 0.235 e. The molecule has 0 spiro atoms. The average Bonchev–Trinajstić information content (AvgIpc) is 3.21. The van der Waals surface area contributed by atoms with E-state index in [2.05, 4.69) is 26.3 Å². The Kier molecular flexibility index (Phi) is 6.81. The standard InChI is InChI=1S/C18H24N6OS2/c1-12-7-8-13(2)14(10-12)20-16(25)11-26-18-23-24-15(6-4-3-5-9-19)21-22-17(24)27-18/h7-8,10H,3-6,9,11,19H2,1-2H3,(H,20,25)/p+1. The summed E-state index contributed by atoms with van der Waals surface area (Å²) in [5.74, 6) is 1.17. The molecule has 0 saturated carbocycles. The molecular formula is C18H25N6OS2+. The zero-order valence-corrected chi connectivity index (χ0v) is 17.3. The average molecular weight is 406 g/mol. The molecule has 0 aliphatic rings. The van der Waals surface area contributed by atoms with Gasteiger partial charge in [0.1, 0.15) is 0 Å². The van der Waals surface area contributed by atoms with E-state index in [1.165, 1.54) is 23.1 Å². The largest absolute Gasteiger partial charge is 0.358 e. The van der Waals surface area contributed by atoms with Gasteiger partial charge in [0.15, 0.2) is 10.2 Å². The smallest absolute Gasteiger partial charge is 0.235 e. The molecule has 0 bridgehead atoms. The van der Waals surface area contributed by atoms with Crippen LogP contribution in [0.3, 0.4) is 0 Å². The number of benzene rings is 1. The zero-order valence-electron chi connectivity index (χ0n) is 15.7. The van der Waals surface area contributed by atoms with Crippen LogP contribution < -0.4 is 11.1 Å². The van der Waals surface area contributed by atoms with Gasteiger partial charge in [-0.2, -0.15) is 4.52 Å². The number of carbonyl (C=O) groups is 1. The predicted molar refractivity (Wildman–Crippen MR) is 109 cm³/mol. The van der Waals surface area contributed by atoms with E-state index in [9.17, 15) is 4.79 Å². The van der Waals surface area contributed by atoms with E-state index < -0.39 is 0 Å². The minimum Gasteiger partial charge on any atom is -0.358 e. The van der Waals surface area contributed by atoms with Crippen molar-refractivity contribution in [1.29, 1.82) is 0 Å². The summed E-state index contributed by atoms with van der Waals surface area (Å²) in [6.07, 6.45) is 4.20. The Hall–Kier alpha value is -1.97. The Morgan fingerprint density at radius 3 is 2.93 bits per heavy atom. The summed E-state index contributed by atoms with van der Waals surface area (Å²) in [6, 6.07) is 6.04. The zero-order chi connectivity index (χ0) is 19.2. The second-order valence-corrected chi connectivity index (χ2v) is 8.68. The van der Waals surface area contributed by atoms with E-state index in [0.29, 0.717) is 5.75 Å². The van der Waals surface area contributed by atoms with Gasteiger partial charge in [-0.3, -0.25) is 4.79 Å². The van der Waals surface area contributed by atoms with Crippen molar-refractivity contribution in [2.24, 2.45) is 0 Å². The third kappa shape index (κ3) is 5.27. The fourth-order valence-electron chi connectivity index (χ4n) is 2.67. The van der Waals surface area contributed by atoms with E-state index in [1.54, 1.807) is 4.52 Å². The fraction of sp³-hybridized carbons (Fsp3) is 0.444. The lowest BCUT2D eigenvalue weighted by molar-refractivity contribution is -0.368.